The van der Waals surface area contributed by atoms with Gasteiger partial charge in [0, 0.05) is 12.1 Å². The van der Waals surface area contributed by atoms with E-state index in [2.05, 4.69) is 10.3 Å². The summed E-state index contributed by atoms with van der Waals surface area (Å²) >= 11 is 0. The Balaban J connectivity index is 2.23. The summed E-state index contributed by atoms with van der Waals surface area (Å²) < 4.78 is 5.36. The summed E-state index contributed by atoms with van der Waals surface area (Å²) in [7, 11) is 0. The predicted molar refractivity (Wildman–Crippen MR) is 70.4 cm³/mol. The van der Waals surface area contributed by atoms with Crippen LogP contribution in [0.25, 0.3) is 0 Å². The van der Waals surface area contributed by atoms with Gasteiger partial charge in [-0.25, -0.2) is 0 Å². The Morgan fingerprint density at radius 1 is 1.56 bits per heavy atom. The number of nitrogen functional groups attached to an aromatic ring is 1. The quantitative estimate of drug-likeness (QED) is 0.851. The van der Waals surface area contributed by atoms with E-state index in [9.17, 15) is 0 Å². The van der Waals surface area contributed by atoms with Crippen molar-refractivity contribution >= 4 is 11.5 Å². The first kappa shape index (κ1) is 12.5. The second-order valence-corrected chi connectivity index (χ2v) is 4.45. The standard InChI is InChI=1S/C13H18N4O/c1-2-18-13-10(8-14)11(15)7-12(17-13)16-9-5-3-4-6-9/h7,9H,2-6H2,1H3,(H3,15,16,17). The molecule has 1 saturated carbocycles. The Morgan fingerprint density at radius 3 is 2.89 bits per heavy atom. The van der Waals surface area contributed by atoms with E-state index in [1.807, 2.05) is 13.0 Å². The number of nitriles is 1. The van der Waals surface area contributed by atoms with Crippen molar-refractivity contribution in [1.29, 1.82) is 5.26 Å². The van der Waals surface area contributed by atoms with E-state index in [1.165, 1.54) is 12.8 Å². The highest BCUT2D eigenvalue weighted by Crippen LogP contribution is 2.27. The molecule has 0 atom stereocenters. The summed E-state index contributed by atoms with van der Waals surface area (Å²) in [5.74, 6) is 1.02. The zero-order valence-electron chi connectivity index (χ0n) is 10.6. The molecule has 18 heavy (non-hydrogen) atoms. The van der Waals surface area contributed by atoms with Gasteiger partial charge in [0.1, 0.15) is 17.5 Å². The lowest BCUT2D eigenvalue weighted by atomic mass is 10.2. The van der Waals surface area contributed by atoms with E-state index in [-0.39, 0.29) is 0 Å². The molecule has 5 nitrogen and oxygen atoms in total. The number of hydrogen-bond acceptors (Lipinski definition) is 5. The maximum absolute atomic E-state index is 9.03. The van der Waals surface area contributed by atoms with Gasteiger partial charge in [0.25, 0.3) is 0 Å². The van der Waals surface area contributed by atoms with Crippen molar-refractivity contribution in [2.45, 2.75) is 38.6 Å². The lowest BCUT2D eigenvalue weighted by molar-refractivity contribution is 0.326. The normalized spacial score (nSPS) is 15.3. The van der Waals surface area contributed by atoms with Crippen LogP contribution in [0.5, 0.6) is 5.88 Å². The first-order valence-electron chi connectivity index (χ1n) is 6.34. The van der Waals surface area contributed by atoms with Crippen LogP contribution in [-0.4, -0.2) is 17.6 Å². The number of anilines is 2. The molecule has 2 rings (SSSR count). The molecule has 0 bridgehead atoms. The monoisotopic (exact) mass is 246 g/mol. The predicted octanol–water partition coefficient (Wildman–Crippen LogP) is 2.29. The minimum Gasteiger partial charge on any atom is -0.477 e. The van der Waals surface area contributed by atoms with Crippen LogP contribution >= 0.6 is 0 Å². The first-order valence-corrected chi connectivity index (χ1v) is 6.34. The molecule has 0 amide bonds. The van der Waals surface area contributed by atoms with Gasteiger partial charge in [-0.1, -0.05) is 12.8 Å². The number of nitrogens with one attached hydrogen (secondary N) is 1. The molecule has 0 saturated heterocycles. The molecule has 96 valence electrons. The fourth-order valence-corrected chi connectivity index (χ4v) is 2.25. The van der Waals surface area contributed by atoms with Gasteiger partial charge in [0.2, 0.25) is 5.88 Å². The summed E-state index contributed by atoms with van der Waals surface area (Å²) in [6.07, 6.45) is 4.82. The largest absolute Gasteiger partial charge is 0.477 e. The highest BCUT2D eigenvalue weighted by Gasteiger charge is 2.17. The summed E-state index contributed by atoms with van der Waals surface area (Å²) in [6, 6.07) is 4.19. The van der Waals surface area contributed by atoms with E-state index in [1.54, 1.807) is 6.07 Å². The molecule has 1 aromatic rings. The van der Waals surface area contributed by atoms with Crippen molar-refractivity contribution < 1.29 is 4.74 Å². The summed E-state index contributed by atoms with van der Waals surface area (Å²) in [5.41, 5.74) is 6.58. The number of aromatic nitrogens is 1. The molecular weight excluding hydrogens is 228 g/mol. The average molecular weight is 246 g/mol. The average Bonchev–Trinajstić information content (AvgIpc) is 2.82. The van der Waals surface area contributed by atoms with E-state index in [0.29, 0.717) is 35.6 Å². The van der Waals surface area contributed by atoms with Crippen molar-refractivity contribution in [3.8, 4) is 11.9 Å². The van der Waals surface area contributed by atoms with Gasteiger partial charge in [-0.05, 0) is 19.8 Å². The Morgan fingerprint density at radius 2 is 2.28 bits per heavy atom. The van der Waals surface area contributed by atoms with Gasteiger partial charge in [-0.2, -0.15) is 10.2 Å². The molecule has 1 fully saturated rings. The second kappa shape index (κ2) is 5.58. The van der Waals surface area contributed by atoms with Crippen LogP contribution in [0, 0.1) is 11.3 Å². The van der Waals surface area contributed by atoms with Gasteiger partial charge < -0.3 is 15.8 Å². The molecule has 0 aromatic carbocycles. The number of pyridine rings is 1. The molecule has 0 aliphatic heterocycles. The molecule has 5 heteroatoms. The molecule has 0 radical (unpaired) electrons. The Labute approximate surface area is 107 Å². The van der Waals surface area contributed by atoms with Gasteiger partial charge in [-0.15, -0.1) is 0 Å². The molecule has 0 unspecified atom stereocenters. The van der Waals surface area contributed by atoms with Crippen molar-refractivity contribution in [1.82, 2.24) is 4.98 Å². The van der Waals surface area contributed by atoms with Crippen LogP contribution < -0.4 is 15.8 Å². The molecule has 1 aromatic heterocycles. The zero-order valence-corrected chi connectivity index (χ0v) is 10.6. The molecule has 1 heterocycles. The van der Waals surface area contributed by atoms with Gasteiger partial charge in [-0.3, -0.25) is 0 Å². The summed E-state index contributed by atoms with van der Waals surface area (Å²) in [5, 5.41) is 12.4. The highest BCUT2D eigenvalue weighted by atomic mass is 16.5. The van der Waals surface area contributed by atoms with Gasteiger partial charge in [0.15, 0.2) is 0 Å². The highest BCUT2D eigenvalue weighted by molar-refractivity contribution is 5.64. The fourth-order valence-electron chi connectivity index (χ4n) is 2.25. The smallest absolute Gasteiger partial charge is 0.235 e. The third-order valence-corrected chi connectivity index (χ3v) is 3.12. The summed E-state index contributed by atoms with van der Waals surface area (Å²) in [4.78, 5) is 4.32. The number of ether oxygens (including phenoxy) is 1. The maximum Gasteiger partial charge on any atom is 0.235 e. The fraction of sp³-hybridized carbons (Fsp3) is 0.538. The number of nitrogens with zero attached hydrogens (tertiary/aromatic N) is 2. The number of nitrogens with two attached hydrogens (primary N) is 1. The van der Waals surface area contributed by atoms with Gasteiger partial charge >= 0.3 is 0 Å². The van der Waals surface area contributed by atoms with Crippen molar-refractivity contribution in [2.24, 2.45) is 0 Å². The molecule has 1 aliphatic carbocycles. The minimum absolute atomic E-state index is 0.314. The van der Waals surface area contributed by atoms with Crippen LogP contribution in [0.1, 0.15) is 38.2 Å². The molecule has 1 aliphatic rings. The topological polar surface area (TPSA) is 84.0 Å². The number of hydrogen-bond donors (Lipinski definition) is 2. The lowest BCUT2D eigenvalue weighted by Crippen LogP contribution is -2.16. The summed E-state index contributed by atoms with van der Waals surface area (Å²) in [6.45, 7) is 2.32. The lowest BCUT2D eigenvalue weighted by Gasteiger charge is -2.15. The third kappa shape index (κ3) is 2.65. The van der Waals surface area contributed by atoms with Crippen LogP contribution in [0.3, 0.4) is 0 Å². The van der Waals surface area contributed by atoms with Crippen LogP contribution in [0.2, 0.25) is 0 Å². The second-order valence-electron chi connectivity index (χ2n) is 4.45. The zero-order chi connectivity index (χ0) is 13.0. The number of rotatable bonds is 4. The van der Waals surface area contributed by atoms with E-state index < -0.39 is 0 Å². The van der Waals surface area contributed by atoms with Crippen molar-refractivity contribution in [3.63, 3.8) is 0 Å². The van der Waals surface area contributed by atoms with E-state index >= 15 is 0 Å². The molecule has 0 spiro atoms. The van der Waals surface area contributed by atoms with Crippen molar-refractivity contribution in [2.75, 3.05) is 17.7 Å². The SMILES string of the molecule is CCOc1nc(NC2CCCC2)cc(N)c1C#N. The van der Waals surface area contributed by atoms with Crippen molar-refractivity contribution in [3.05, 3.63) is 11.6 Å². The van der Waals surface area contributed by atoms with Gasteiger partial charge in [0.05, 0.1) is 12.3 Å². The van der Waals surface area contributed by atoms with E-state index in [4.69, 9.17) is 15.7 Å². The van der Waals surface area contributed by atoms with E-state index in [0.717, 1.165) is 12.8 Å². The van der Waals surface area contributed by atoms with Crippen LogP contribution in [0.4, 0.5) is 11.5 Å². The third-order valence-electron chi connectivity index (χ3n) is 3.12. The first-order chi connectivity index (χ1) is 8.74. The molecule has 3 N–H and O–H groups in total. The van der Waals surface area contributed by atoms with Crippen LogP contribution in [0.15, 0.2) is 6.07 Å². The Bertz CT molecular complexity index is 461. The molecular formula is C13H18N4O. The maximum atomic E-state index is 9.03. The Hall–Kier alpha value is -1.96. The minimum atomic E-state index is 0.314. The Kier molecular flexibility index (Phi) is 3.88. The van der Waals surface area contributed by atoms with Crippen LogP contribution in [-0.2, 0) is 0 Å².